The summed E-state index contributed by atoms with van der Waals surface area (Å²) in [5.74, 6) is 1.33. The number of hydrogen-bond donors (Lipinski definition) is 1. The number of hydrogen-bond acceptors (Lipinski definition) is 2. The van der Waals surface area contributed by atoms with E-state index in [2.05, 4.69) is 40.5 Å². The molecule has 1 aliphatic carbocycles. The Morgan fingerprint density at radius 3 is 2.24 bits per heavy atom. The largest absolute Gasteiger partial charge is 0.340 e. The minimum absolute atomic E-state index is 0. The fourth-order valence-electron chi connectivity index (χ4n) is 3.54. The van der Waals surface area contributed by atoms with Gasteiger partial charge in [-0.2, -0.15) is 0 Å². The lowest BCUT2D eigenvalue weighted by Crippen LogP contribution is -2.48. The normalized spacial score (nSPS) is 26.0. The van der Waals surface area contributed by atoms with Gasteiger partial charge in [-0.3, -0.25) is 4.79 Å². The standard InChI is InChI=1S/C17H24N2O.ClH/c20-17(19-12-10-18-11-13-19)16-8-6-15(7-9-16)14-4-2-1-3-5-14;/h1-5,15-16,18H,6-13H2;1H. The molecule has 4 heteroatoms. The van der Waals surface area contributed by atoms with Gasteiger partial charge in [-0.1, -0.05) is 30.3 Å². The first-order valence-electron chi connectivity index (χ1n) is 7.89. The highest BCUT2D eigenvalue weighted by atomic mass is 35.5. The van der Waals surface area contributed by atoms with Crippen molar-refractivity contribution >= 4 is 18.3 Å². The predicted octanol–water partition coefficient (Wildman–Crippen LogP) is 2.81. The molecule has 1 aliphatic heterocycles. The molecule has 0 bridgehead atoms. The number of nitrogens with one attached hydrogen (secondary N) is 1. The molecule has 2 fully saturated rings. The Labute approximate surface area is 133 Å². The number of amides is 1. The molecule has 0 spiro atoms. The maximum absolute atomic E-state index is 12.5. The molecule has 1 heterocycles. The van der Waals surface area contributed by atoms with Crippen LogP contribution < -0.4 is 5.32 Å². The molecule has 2 aliphatic rings. The molecule has 0 radical (unpaired) electrons. The van der Waals surface area contributed by atoms with E-state index in [1.54, 1.807) is 0 Å². The minimum Gasteiger partial charge on any atom is -0.340 e. The number of rotatable bonds is 2. The van der Waals surface area contributed by atoms with E-state index >= 15 is 0 Å². The topological polar surface area (TPSA) is 32.3 Å². The van der Waals surface area contributed by atoms with Gasteiger partial charge in [0.05, 0.1) is 0 Å². The van der Waals surface area contributed by atoms with Crippen molar-refractivity contribution in [3.63, 3.8) is 0 Å². The maximum atomic E-state index is 12.5. The van der Waals surface area contributed by atoms with Crippen LogP contribution in [0.1, 0.15) is 37.2 Å². The third-order valence-electron chi connectivity index (χ3n) is 4.78. The minimum atomic E-state index is 0. The van der Waals surface area contributed by atoms with Crippen molar-refractivity contribution in [2.75, 3.05) is 26.2 Å². The number of carbonyl (C=O) groups is 1. The summed E-state index contributed by atoms with van der Waals surface area (Å²) in [6.45, 7) is 3.67. The fraction of sp³-hybridized carbons (Fsp3) is 0.588. The summed E-state index contributed by atoms with van der Waals surface area (Å²) in [4.78, 5) is 14.6. The first kappa shape index (κ1) is 16.3. The van der Waals surface area contributed by atoms with Crippen molar-refractivity contribution < 1.29 is 4.79 Å². The molecule has 1 amide bonds. The second kappa shape index (κ2) is 7.81. The maximum Gasteiger partial charge on any atom is 0.225 e. The Morgan fingerprint density at radius 2 is 1.62 bits per heavy atom. The van der Waals surface area contributed by atoms with Crippen LogP contribution in [0.5, 0.6) is 0 Å². The van der Waals surface area contributed by atoms with Gasteiger partial charge < -0.3 is 10.2 Å². The first-order chi connectivity index (χ1) is 9.84. The molecular weight excluding hydrogens is 284 g/mol. The van der Waals surface area contributed by atoms with Crippen molar-refractivity contribution in [1.29, 1.82) is 0 Å². The summed E-state index contributed by atoms with van der Waals surface area (Å²) >= 11 is 0. The van der Waals surface area contributed by atoms with Gasteiger partial charge in [0.1, 0.15) is 0 Å². The highest BCUT2D eigenvalue weighted by molar-refractivity contribution is 5.85. The highest BCUT2D eigenvalue weighted by Crippen LogP contribution is 2.36. The van der Waals surface area contributed by atoms with E-state index in [1.165, 1.54) is 5.56 Å². The smallest absolute Gasteiger partial charge is 0.225 e. The lowest BCUT2D eigenvalue weighted by Gasteiger charge is -2.34. The Bertz CT molecular complexity index is 437. The lowest BCUT2D eigenvalue weighted by molar-refractivity contribution is -0.137. The molecule has 1 saturated heterocycles. The van der Waals surface area contributed by atoms with Crippen molar-refractivity contribution in [2.45, 2.75) is 31.6 Å². The van der Waals surface area contributed by atoms with E-state index in [4.69, 9.17) is 0 Å². The van der Waals surface area contributed by atoms with E-state index in [-0.39, 0.29) is 18.3 Å². The molecule has 1 saturated carbocycles. The Balaban J connectivity index is 0.00000161. The van der Waals surface area contributed by atoms with Crippen LogP contribution in [0.4, 0.5) is 0 Å². The lowest BCUT2D eigenvalue weighted by atomic mass is 9.78. The van der Waals surface area contributed by atoms with Crippen LogP contribution in [0.2, 0.25) is 0 Å². The molecule has 1 N–H and O–H groups in total. The van der Waals surface area contributed by atoms with Gasteiger partial charge in [0, 0.05) is 32.1 Å². The molecule has 21 heavy (non-hydrogen) atoms. The summed E-state index contributed by atoms with van der Waals surface area (Å²) in [6.07, 6.45) is 4.43. The summed E-state index contributed by atoms with van der Waals surface area (Å²) in [5.41, 5.74) is 1.44. The number of halogens is 1. The molecule has 1 aromatic rings. The molecule has 116 valence electrons. The molecule has 3 nitrogen and oxygen atoms in total. The van der Waals surface area contributed by atoms with E-state index in [0.717, 1.165) is 51.9 Å². The summed E-state index contributed by atoms with van der Waals surface area (Å²) < 4.78 is 0. The Morgan fingerprint density at radius 1 is 1.00 bits per heavy atom. The number of carbonyl (C=O) groups excluding carboxylic acids is 1. The van der Waals surface area contributed by atoms with Gasteiger partial charge >= 0.3 is 0 Å². The molecule has 1 aromatic carbocycles. The Hall–Kier alpha value is -1.06. The SMILES string of the molecule is Cl.O=C(C1CCC(c2ccccc2)CC1)N1CCNCC1. The van der Waals surface area contributed by atoms with Crippen LogP contribution in [-0.2, 0) is 4.79 Å². The van der Waals surface area contributed by atoms with Crippen LogP contribution in [-0.4, -0.2) is 37.0 Å². The number of nitrogens with zero attached hydrogens (tertiary/aromatic N) is 1. The van der Waals surface area contributed by atoms with Crippen molar-refractivity contribution in [3.05, 3.63) is 35.9 Å². The van der Waals surface area contributed by atoms with Crippen molar-refractivity contribution in [1.82, 2.24) is 10.2 Å². The number of piperazine rings is 1. The van der Waals surface area contributed by atoms with E-state index in [9.17, 15) is 4.79 Å². The van der Waals surface area contributed by atoms with Crippen LogP contribution in [0, 0.1) is 5.92 Å². The average Bonchev–Trinajstić information content (AvgIpc) is 2.56. The average molecular weight is 309 g/mol. The molecule has 0 unspecified atom stereocenters. The van der Waals surface area contributed by atoms with Gasteiger partial charge in [-0.15, -0.1) is 12.4 Å². The van der Waals surface area contributed by atoms with Crippen LogP contribution in [0.3, 0.4) is 0 Å². The van der Waals surface area contributed by atoms with Gasteiger partial charge in [-0.25, -0.2) is 0 Å². The third-order valence-corrected chi connectivity index (χ3v) is 4.78. The summed E-state index contributed by atoms with van der Waals surface area (Å²) in [7, 11) is 0. The quantitative estimate of drug-likeness (QED) is 0.911. The van der Waals surface area contributed by atoms with Gasteiger partial charge in [-0.05, 0) is 37.2 Å². The van der Waals surface area contributed by atoms with Gasteiger partial charge in [0.15, 0.2) is 0 Å². The monoisotopic (exact) mass is 308 g/mol. The first-order valence-corrected chi connectivity index (χ1v) is 7.89. The predicted molar refractivity (Wildman–Crippen MR) is 87.8 cm³/mol. The molecule has 3 rings (SSSR count). The second-order valence-electron chi connectivity index (χ2n) is 6.03. The van der Waals surface area contributed by atoms with Crippen LogP contribution >= 0.6 is 12.4 Å². The van der Waals surface area contributed by atoms with E-state index < -0.39 is 0 Å². The third kappa shape index (κ3) is 3.98. The van der Waals surface area contributed by atoms with E-state index in [1.807, 2.05) is 0 Å². The zero-order valence-electron chi connectivity index (χ0n) is 12.5. The van der Waals surface area contributed by atoms with E-state index in [0.29, 0.717) is 11.8 Å². The zero-order chi connectivity index (χ0) is 13.8. The zero-order valence-corrected chi connectivity index (χ0v) is 13.3. The molecule has 0 atom stereocenters. The van der Waals surface area contributed by atoms with Crippen molar-refractivity contribution in [3.8, 4) is 0 Å². The highest BCUT2D eigenvalue weighted by Gasteiger charge is 2.30. The van der Waals surface area contributed by atoms with Crippen LogP contribution in [0.15, 0.2) is 30.3 Å². The second-order valence-corrected chi connectivity index (χ2v) is 6.03. The van der Waals surface area contributed by atoms with Gasteiger partial charge in [0.2, 0.25) is 5.91 Å². The van der Waals surface area contributed by atoms with Crippen molar-refractivity contribution in [2.24, 2.45) is 5.92 Å². The van der Waals surface area contributed by atoms with Gasteiger partial charge in [0.25, 0.3) is 0 Å². The number of benzene rings is 1. The molecular formula is C17H25ClN2O. The fourth-order valence-corrected chi connectivity index (χ4v) is 3.54. The summed E-state index contributed by atoms with van der Waals surface area (Å²) in [6, 6.07) is 10.8. The molecule has 0 aromatic heterocycles. The Kier molecular flexibility index (Phi) is 6.07. The summed E-state index contributed by atoms with van der Waals surface area (Å²) in [5, 5.41) is 3.31. The van der Waals surface area contributed by atoms with Crippen LogP contribution in [0.25, 0.3) is 0 Å².